The summed E-state index contributed by atoms with van der Waals surface area (Å²) in [6, 6.07) is 16.3. The van der Waals surface area contributed by atoms with Gasteiger partial charge >= 0.3 is 0 Å². The van der Waals surface area contributed by atoms with Gasteiger partial charge in [0.25, 0.3) is 0 Å². The normalized spacial score (nSPS) is 11.0. The molecule has 0 radical (unpaired) electrons. The molecule has 126 valence electrons. The Morgan fingerprint density at radius 3 is 2.33 bits per heavy atom. The summed E-state index contributed by atoms with van der Waals surface area (Å²) in [4.78, 5) is 4.28. The molecule has 0 atom stereocenters. The first-order chi connectivity index (χ1) is 11.7. The highest BCUT2D eigenvalue weighted by atomic mass is 16.5. The predicted octanol–water partition coefficient (Wildman–Crippen LogP) is 3.43. The van der Waals surface area contributed by atoms with Crippen LogP contribution >= 0.6 is 0 Å². The first-order valence-corrected chi connectivity index (χ1v) is 8.05. The molecule has 0 spiro atoms. The van der Waals surface area contributed by atoms with E-state index >= 15 is 0 Å². The highest BCUT2D eigenvalue weighted by Crippen LogP contribution is 2.17. The second kappa shape index (κ2) is 9.40. The third-order valence-electron chi connectivity index (χ3n) is 3.71. The minimum Gasteiger partial charge on any atom is -0.489 e. The van der Waals surface area contributed by atoms with E-state index in [1.54, 1.807) is 13.1 Å². The number of benzene rings is 2. The smallest absolute Gasteiger partial charge is 0.191 e. The lowest BCUT2D eigenvalue weighted by Gasteiger charge is -2.15. The summed E-state index contributed by atoms with van der Waals surface area (Å²) in [6.07, 6.45) is 1.74. The molecular weight excluding hydrogens is 298 g/mol. The van der Waals surface area contributed by atoms with Crippen LogP contribution in [0.5, 0.6) is 5.75 Å². The zero-order valence-corrected chi connectivity index (χ0v) is 14.4. The molecule has 0 aliphatic heterocycles. The Morgan fingerprint density at radius 2 is 1.67 bits per heavy atom. The Kier molecular flexibility index (Phi) is 6.90. The van der Waals surface area contributed by atoms with Crippen molar-refractivity contribution in [1.29, 1.82) is 0 Å². The molecule has 2 aromatic rings. The van der Waals surface area contributed by atoms with E-state index in [0.29, 0.717) is 13.2 Å². The number of aryl methyl sites for hydroxylation is 1. The number of guanidine groups is 1. The number of para-hydroxylation sites is 1. The number of nitrogens with zero attached hydrogens (tertiary/aromatic N) is 1. The van der Waals surface area contributed by atoms with Crippen LogP contribution in [0.4, 0.5) is 0 Å². The average molecular weight is 323 g/mol. The Bertz CT molecular complexity index is 695. The van der Waals surface area contributed by atoms with Crippen molar-refractivity contribution in [3.63, 3.8) is 0 Å². The van der Waals surface area contributed by atoms with Crippen LogP contribution in [0.3, 0.4) is 0 Å². The molecule has 0 aliphatic rings. The lowest BCUT2D eigenvalue weighted by molar-refractivity contribution is 0.358. The van der Waals surface area contributed by atoms with Gasteiger partial charge in [0.15, 0.2) is 5.96 Å². The van der Waals surface area contributed by atoms with Gasteiger partial charge in [0, 0.05) is 25.7 Å². The van der Waals surface area contributed by atoms with Crippen LogP contribution < -0.4 is 15.4 Å². The maximum Gasteiger partial charge on any atom is 0.191 e. The third kappa shape index (κ3) is 5.16. The van der Waals surface area contributed by atoms with Gasteiger partial charge in [-0.25, -0.2) is 0 Å². The molecule has 2 rings (SSSR count). The second-order valence-corrected chi connectivity index (χ2v) is 5.41. The van der Waals surface area contributed by atoms with Gasteiger partial charge in [-0.05, 0) is 24.1 Å². The number of hydrogen-bond donors (Lipinski definition) is 2. The van der Waals surface area contributed by atoms with Crippen LogP contribution in [-0.4, -0.2) is 19.6 Å². The quantitative estimate of drug-likeness (QED) is 0.466. The zero-order valence-electron chi connectivity index (χ0n) is 14.4. The summed E-state index contributed by atoms with van der Waals surface area (Å²) < 4.78 is 5.68. The molecule has 2 aromatic carbocycles. The summed E-state index contributed by atoms with van der Waals surface area (Å²) >= 11 is 0. The van der Waals surface area contributed by atoms with Gasteiger partial charge in [0.2, 0.25) is 0 Å². The van der Waals surface area contributed by atoms with Crippen molar-refractivity contribution in [2.45, 2.75) is 20.0 Å². The van der Waals surface area contributed by atoms with Gasteiger partial charge in [-0.3, -0.25) is 4.99 Å². The molecule has 0 fully saturated rings. The Morgan fingerprint density at radius 1 is 1.04 bits per heavy atom. The molecule has 0 aliphatic carbocycles. The van der Waals surface area contributed by atoms with Gasteiger partial charge in [-0.1, -0.05) is 55.1 Å². The van der Waals surface area contributed by atoms with Gasteiger partial charge < -0.3 is 15.4 Å². The number of rotatable bonds is 7. The van der Waals surface area contributed by atoms with E-state index in [1.807, 2.05) is 36.4 Å². The summed E-state index contributed by atoms with van der Waals surface area (Å²) in [7, 11) is 1.77. The standard InChI is InChI=1S/C20H25N3O/c1-4-13-24-19-12-8-7-11-18(19)15-23-20(21-3)22-14-17-10-6-5-9-16(17)2/h4-12H,1,13-15H2,2-3H3,(H2,21,22,23). The number of aliphatic imine (C=N–C) groups is 1. The van der Waals surface area contributed by atoms with E-state index in [-0.39, 0.29) is 0 Å². The molecule has 0 bridgehead atoms. The second-order valence-electron chi connectivity index (χ2n) is 5.41. The molecule has 0 saturated heterocycles. The minimum absolute atomic E-state index is 0.497. The molecule has 0 aromatic heterocycles. The lowest BCUT2D eigenvalue weighted by Crippen LogP contribution is -2.36. The lowest BCUT2D eigenvalue weighted by atomic mass is 10.1. The Balaban J connectivity index is 1.92. The van der Waals surface area contributed by atoms with Crippen molar-refractivity contribution in [1.82, 2.24) is 10.6 Å². The fourth-order valence-electron chi connectivity index (χ4n) is 2.33. The topological polar surface area (TPSA) is 45.6 Å². The molecule has 24 heavy (non-hydrogen) atoms. The Hall–Kier alpha value is -2.75. The van der Waals surface area contributed by atoms with Crippen molar-refractivity contribution in [2.24, 2.45) is 4.99 Å². The van der Waals surface area contributed by atoms with Gasteiger partial charge in [-0.2, -0.15) is 0 Å². The summed E-state index contributed by atoms with van der Waals surface area (Å²) in [5.41, 5.74) is 3.61. The van der Waals surface area contributed by atoms with Crippen molar-refractivity contribution in [3.8, 4) is 5.75 Å². The number of nitrogens with one attached hydrogen (secondary N) is 2. The maximum absolute atomic E-state index is 5.68. The largest absolute Gasteiger partial charge is 0.489 e. The van der Waals surface area contributed by atoms with Crippen LogP contribution in [-0.2, 0) is 13.1 Å². The van der Waals surface area contributed by atoms with Crippen molar-refractivity contribution < 1.29 is 4.74 Å². The van der Waals surface area contributed by atoms with Crippen LogP contribution in [0.2, 0.25) is 0 Å². The Labute approximate surface area is 144 Å². The molecule has 0 unspecified atom stereocenters. The summed E-state index contributed by atoms with van der Waals surface area (Å²) in [6.45, 7) is 7.67. The van der Waals surface area contributed by atoms with Gasteiger partial charge in [-0.15, -0.1) is 0 Å². The predicted molar refractivity (Wildman–Crippen MR) is 100 cm³/mol. The van der Waals surface area contributed by atoms with Crippen LogP contribution in [0.25, 0.3) is 0 Å². The fourth-order valence-corrected chi connectivity index (χ4v) is 2.33. The monoisotopic (exact) mass is 323 g/mol. The molecule has 0 heterocycles. The van der Waals surface area contributed by atoms with Crippen molar-refractivity contribution in [3.05, 3.63) is 77.9 Å². The highest BCUT2D eigenvalue weighted by molar-refractivity contribution is 5.79. The highest BCUT2D eigenvalue weighted by Gasteiger charge is 2.05. The van der Waals surface area contributed by atoms with Crippen LogP contribution in [0, 0.1) is 6.92 Å². The van der Waals surface area contributed by atoms with E-state index in [4.69, 9.17) is 4.74 Å². The van der Waals surface area contributed by atoms with Crippen LogP contribution in [0.15, 0.2) is 66.2 Å². The van der Waals surface area contributed by atoms with E-state index in [2.05, 4.69) is 41.3 Å². The molecular formula is C20H25N3O. The summed E-state index contributed by atoms with van der Waals surface area (Å²) in [5.74, 6) is 1.62. The molecule has 0 amide bonds. The minimum atomic E-state index is 0.497. The number of hydrogen-bond acceptors (Lipinski definition) is 2. The first-order valence-electron chi connectivity index (χ1n) is 8.05. The van der Waals surface area contributed by atoms with Gasteiger partial charge in [0.05, 0.1) is 0 Å². The van der Waals surface area contributed by atoms with Gasteiger partial charge in [0.1, 0.15) is 12.4 Å². The molecule has 4 heteroatoms. The van der Waals surface area contributed by atoms with E-state index < -0.39 is 0 Å². The number of ether oxygens (including phenoxy) is 1. The van der Waals surface area contributed by atoms with E-state index in [9.17, 15) is 0 Å². The van der Waals surface area contributed by atoms with Crippen molar-refractivity contribution in [2.75, 3.05) is 13.7 Å². The fraction of sp³-hybridized carbons (Fsp3) is 0.250. The van der Waals surface area contributed by atoms with E-state index in [1.165, 1.54) is 11.1 Å². The molecule has 0 saturated carbocycles. The average Bonchev–Trinajstić information content (AvgIpc) is 2.62. The van der Waals surface area contributed by atoms with Crippen molar-refractivity contribution >= 4 is 5.96 Å². The van der Waals surface area contributed by atoms with Crippen LogP contribution in [0.1, 0.15) is 16.7 Å². The maximum atomic E-state index is 5.68. The molecule has 2 N–H and O–H groups in total. The summed E-state index contributed by atoms with van der Waals surface area (Å²) in [5, 5.41) is 6.67. The SMILES string of the molecule is C=CCOc1ccccc1CNC(=NC)NCc1ccccc1C. The zero-order chi connectivity index (χ0) is 17.2. The first kappa shape index (κ1) is 17.6. The molecule has 4 nitrogen and oxygen atoms in total. The third-order valence-corrected chi connectivity index (χ3v) is 3.71. The van der Waals surface area contributed by atoms with E-state index in [0.717, 1.165) is 23.8 Å².